The van der Waals surface area contributed by atoms with E-state index in [0.29, 0.717) is 6.21 Å². The van der Waals surface area contributed by atoms with E-state index in [4.69, 9.17) is 25.9 Å². The highest BCUT2D eigenvalue weighted by molar-refractivity contribution is 6.30. The number of halogens is 2. The minimum Gasteiger partial charge on any atom is -0.393 e. The zero-order valence-electron chi connectivity index (χ0n) is 10.4. The van der Waals surface area contributed by atoms with Crippen LogP contribution >= 0.6 is 0 Å². The number of alkyl halides is 2. The van der Waals surface area contributed by atoms with E-state index in [1.165, 1.54) is 5.48 Å². The molecule has 0 saturated carbocycles. The van der Waals surface area contributed by atoms with Gasteiger partial charge in [-0.15, -0.1) is 0 Å². The molecule has 0 aromatic rings. The lowest BCUT2D eigenvalue weighted by atomic mass is 9.98. The third-order valence-corrected chi connectivity index (χ3v) is 2.72. The van der Waals surface area contributed by atoms with Crippen LogP contribution in [-0.4, -0.2) is 63.9 Å². The zero-order chi connectivity index (χ0) is 15.6. The number of ether oxygens (including phenoxy) is 1. The molecule has 114 valence electrons. The lowest BCUT2D eigenvalue weighted by Gasteiger charge is -2.24. The highest BCUT2D eigenvalue weighted by Gasteiger charge is 2.64. The summed E-state index contributed by atoms with van der Waals surface area (Å²) in [7, 11) is 0. The molecule has 0 aromatic heterocycles. The maximum atomic E-state index is 13.8. The maximum absolute atomic E-state index is 13.8. The van der Waals surface area contributed by atoms with Crippen molar-refractivity contribution in [3.05, 3.63) is 0 Å². The average molecular weight is 295 g/mol. The molecule has 1 aliphatic rings. The Bertz CT molecular complexity index is 433. The predicted molar refractivity (Wildman–Crippen MR) is 63.3 cm³/mol. The van der Waals surface area contributed by atoms with Crippen molar-refractivity contribution in [2.24, 2.45) is 4.99 Å². The molecule has 3 atom stereocenters. The van der Waals surface area contributed by atoms with E-state index in [1.54, 1.807) is 0 Å². The number of nitrogens with zero attached hydrogens (tertiary/aromatic N) is 1. The van der Waals surface area contributed by atoms with Crippen molar-refractivity contribution in [1.29, 1.82) is 10.8 Å². The molecule has 1 fully saturated rings. The lowest BCUT2D eigenvalue weighted by Crippen LogP contribution is -2.47. The first-order chi connectivity index (χ1) is 9.21. The Morgan fingerprint density at radius 1 is 1.55 bits per heavy atom. The van der Waals surface area contributed by atoms with Gasteiger partial charge >= 0.3 is 5.92 Å². The van der Waals surface area contributed by atoms with Gasteiger partial charge in [0.15, 0.2) is 6.10 Å². The van der Waals surface area contributed by atoms with Crippen LogP contribution in [0.3, 0.4) is 0 Å². The quantitative estimate of drug-likeness (QED) is 0.194. The summed E-state index contributed by atoms with van der Waals surface area (Å²) in [4.78, 5) is 3.29. The number of aliphatic hydroxyl groups is 2. The van der Waals surface area contributed by atoms with E-state index < -0.39 is 42.3 Å². The minimum absolute atomic E-state index is 0.530. The molecule has 1 saturated heterocycles. The summed E-state index contributed by atoms with van der Waals surface area (Å²) in [6, 6.07) is 0. The molecule has 0 spiro atoms. The van der Waals surface area contributed by atoms with Crippen molar-refractivity contribution in [2.75, 3.05) is 6.61 Å². The van der Waals surface area contributed by atoms with Crippen LogP contribution in [-0.2, 0) is 4.74 Å². The van der Waals surface area contributed by atoms with Crippen LogP contribution in [0.25, 0.3) is 0 Å². The van der Waals surface area contributed by atoms with Crippen LogP contribution in [0.5, 0.6) is 0 Å². The van der Waals surface area contributed by atoms with Crippen LogP contribution in [0, 0.1) is 10.8 Å². The first-order valence-corrected chi connectivity index (χ1v) is 5.39. The second-order valence-corrected chi connectivity index (χ2v) is 4.29. The van der Waals surface area contributed by atoms with Gasteiger partial charge in [-0.25, -0.2) is 10.5 Å². The SMILES string of the molecule is C[C@]1(CO)O[C@@H](N=C(NO)NC(=N)C=N)C(F)(F)[C@@H]1O. The number of nitrogens with one attached hydrogen (secondary N) is 4. The van der Waals surface area contributed by atoms with Gasteiger partial charge < -0.3 is 25.7 Å². The second kappa shape index (κ2) is 5.75. The summed E-state index contributed by atoms with van der Waals surface area (Å²) < 4.78 is 32.4. The third kappa shape index (κ3) is 2.90. The Morgan fingerprint density at radius 3 is 2.55 bits per heavy atom. The van der Waals surface area contributed by atoms with Gasteiger partial charge in [0.05, 0.1) is 12.8 Å². The van der Waals surface area contributed by atoms with Crippen LogP contribution in [0.1, 0.15) is 6.92 Å². The summed E-state index contributed by atoms with van der Waals surface area (Å²) in [5.74, 6) is -5.01. The molecule has 0 unspecified atom stereocenters. The van der Waals surface area contributed by atoms with Gasteiger partial charge in [-0.3, -0.25) is 10.6 Å². The molecule has 0 aromatic carbocycles. The fourth-order valence-corrected chi connectivity index (χ4v) is 1.55. The average Bonchev–Trinajstić information content (AvgIpc) is 2.59. The summed E-state index contributed by atoms with van der Waals surface area (Å²) >= 11 is 0. The Balaban J connectivity index is 3.00. The fourth-order valence-electron chi connectivity index (χ4n) is 1.55. The Kier molecular flexibility index (Phi) is 4.70. The molecule has 0 radical (unpaired) electrons. The summed E-state index contributed by atoms with van der Waals surface area (Å²) in [5.41, 5.74) is -0.480. The predicted octanol–water partition coefficient (Wildman–Crippen LogP) is -1.36. The van der Waals surface area contributed by atoms with Crippen molar-refractivity contribution in [3.8, 4) is 0 Å². The number of hydrogen-bond acceptors (Lipinski definition) is 7. The van der Waals surface area contributed by atoms with E-state index >= 15 is 0 Å². The first-order valence-electron chi connectivity index (χ1n) is 5.39. The van der Waals surface area contributed by atoms with Gasteiger partial charge in [0.2, 0.25) is 12.2 Å². The van der Waals surface area contributed by atoms with Crippen molar-refractivity contribution in [1.82, 2.24) is 10.8 Å². The van der Waals surface area contributed by atoms with Crippen molar-refractivity contribution in [3.63, 3.8) is 0 Å². The highest BCUT2D eigenvalue weighted by atomic mass is 19.3. The summed E-state index contributed by atoms with van der Waals surface area (Å²) in [6.07, 6.45) is -3.93. The smallest absolute Gasteiger partial charge is 0.321 e. The van der Waals surface area contributed by atoms with Gasteiger partial charge in [-0.1, -0.05) is 0 Å². The van der Waals surface area contributed by atoms with E-state index in [-0.39, 0.29) is 0 Å². The van der Waals surface area contributed by atoms with Gasteiger partial charge in [0.25, 0.3) is 0 Å². The van der Waals surface area contributed by atoms with E-state index in [1.807, 2.05) is 5.32 Å². The molecule has 9 nitrogen and oxygen atoms in total. The molecule has 1 rings (SSSR count). The normalized spacial score (nSPS) is 32.8. The number of rotatable bonds is 3. The summed E-state index contributed by atoms with van der Waals surface area (Å²) in [6.45, 7) is 0.224. The molecule has 11 heteroatoms. The number of guanidine groups is 1. The van der Waals surface area contributed by atoms with Crippen LogP contribution < -0.4 is 10.8 Å². The van der Waals surface area contributed by atoms with E-state index in [2.05, 4.69) is 4.99 Å². The Labute approximate surface area is 112 Å². The van der Waals surface area contributed by atoms with Crippen LogP contribution in [0.2, 0.25) is 0 Å². The molecule has 20 heavy (non-hydrogen) atoms. The molecule has 0 aliphatic carbocycles. The molecule has 0 amide bonds. The van der Waals surface area contributed by atoms with E-state index in [9.17, 15) is 13.9 Å². The number of aliphatic imine (C=N–C) groups is 1. The molecule has 0 bridgehead atoms. The van der Waals surface area contributed by atoms with Gasteiger partial charge in [-0.05, 0) is 6.92 Å². The standard InChI is InChI=1S/C9H15F2N5O4/c1-8(3-17)5(18)9(10,11)6(20-8)15-7(16-19)14-4(13)2-12/h2,5-6,12,17-19H,3H2,1H3,(H3,13,14,15,16)/t5-,6-,8-/m1/s1. The zero-order valence-corrected chi connectivity index (χ0v) is 10.4. The molecule has 1 heterocycles. The summed E-state index contributed by atoms with van der Waals surface area (Å²) in [5, 5.41) is 43.1. The number of hydrogen-bond donors (Lipinski definition) is 7. The second-order valence-electron chi connectivity index (χ2n) is 4.29. The van der Waals surface area contributed by atoms with Gasteiger partial charge in [-0.2, -0.15) is 8.78 Å². The third-order valence-electron chi connectivity index (χ3n) is 2.72. The Morgan fingerprint density at radius 2 is 2.15 bits per heavy atom. The molecular formula is C9H15F2N5O4. The lowest BCUT2D eigenvalue weighted by molar-refractivity contribution is -0.113. The Hall–Kier alpha value is -1.69. The van der Waals surface area contributed by atoms with Crippen molar-refractivity contribution in [2.45, 2.75) is 30.8 Å². The fraction of sp³-hybridized carbons (Fsp3) is 0.667. The first kappa shape index (κ1) is 16.4. The molecule has 1 aliphatic heterocycles. The van der Waals surface area contributed by atoms with Crippen LogP contribution in [0.15, 0.2) is 4.99 Å². The van der Waals surface area contributed by atoms with Crippen molar-refractivity contribution < 1.29 is 28.9 Å². The monoisotopic (exact) mass is 295 g/mol. The van der Waals surface area contributed by atoms with Gasteiger partial charge in [0.1, 0.15) is 11.4 Å². The van der Waals surface area contributed by atoms with Crippen LogP contribution in [0.4, 0.5) is 8.78 Å². The van der Waals surface area contributed by atoms with E-state index in [0.717, 1.165) is 6.92 Å². The van der Waals surface area contributed by atoms with Crippen molar-refractivity contribution >= 4 is 18.0 Å². The minimum atomic E-state index is -3.81. The maximum Gasteiger partial charge on any atom is 0.321 e. The topological polar surface area (TPSA) is 154 Å². The van der Waals surface area contributed by atoms with Gasteiger partial charge in [0, 0.05) is 0 Å². The largest absolute Gasteiger partial charge is 0.393 e. The molecule has 7 N–H and O–H groups in total. The number of aliphatic hydroxyl groups excluding tert-OH is 2. The number of hydroxylamine groups is 1. The highest BCUT2D eigenvalue weighted by Crippen LogP contribution is 2.42. The molecular weight excluding hydrogens is 280 g/mol. The number of amidine groups is 1.